The number of methoxy groups -OCH3 is 1. The van der Waals surface area contributed by atoms with Crippen molar-refractivity contribution >= 4 is 28.7 Å². The van der Waals surface area contributed by atoms with Crippen LogP contribution in [0.25, 0.3) is 10.9 Å². The highest BCUT2D eigenvalue weighted by Gasteiger charge is 2.50. The number of rotatable bonds is 6. The Hall–Kier alpha value is -3.81. The first kappa shape index (κ1) is 19.5. The summed E-state index contributed by atoms with van der Waals surface area (Å²) in [5, 5.41) is 4.46. The number of amides is 4. The number of imide groups is 1. The van der Waals surface area contributed by atoms with Gasteiger partial charge in [0.1, 0.15) is 11.3 Å². The van der Waals surface area contributed by atoms with Gasteiger partial charge in [0.25, 0.3) is 5.91 Å². The van der Waals surface area contributed by atoms with E-state index in [2.05, 4.69) is 15.7 Å². The summed E-state index contributed by atoms with van der Waals surface area (Å²) < 4.78 is 5.13. The van der Waals surface area contributed by atoms with E-state index in [1.807, 2.05) is 30.5 Å². The molecule has 30 heavy (non-hydrogen) atoms. The van der Waals surface area contributed by atoms with Crippen LogP contribution in [-0.4, -0.2) is 34.9 Å². The van der Waals surface area contributed by atoms with Crippen LogP contribution in [0.15, 0.2) is 54.7 Å². The first-order valence-electron chi connectivity index (χ1n) is 9.58. The summed E-state index contributed by atoms with van der Waals surface area (Å²) >= 11 is 0. The normalized spacial score (nSPS) is 18.5. The lowest BCUT2D eigenvalue weighted by Crippen LogP contribution is -2.48. The van der Waals surface area contributed by atoms with Gasteiger partial charge in [-0.05, 0) is 42.7 Å². The molecule has 1 aliphatic rings. The van der Waals surface area contributed by atoms with Gasteiger partial charge in [-0.15, -0.1) is 0 Å². The molecule has 0 radical (unpaired) electrons. The largest absolute Gasteiger partial charge is 0.497 e. The molecular formula is C22H22N4O4. The molecule has 1 fully saturated rings. The Kier molecular flexibility index (Phi) is 4.91. The number of hydrogen-bond acceptors (Lipinski definition) is 4. The fourth-order valence-electron chi connectivity index (χ4n) is 3.63. The van der Waals surface area contributed by atoms with Crippen molar-refractivity contribution in [2.24, 2.45) is 0 Å². The molecule has 3 aromatic rings. The molecule has 2 aromatic carbocycles. The summed E-state index contributed by atoms with van der Waals surface area (Å²) in [6.07, 6.45) is 2.49. The number of carbonyl (C=O) groups excluding carboxylic acids is 3. The maximum Gasteiger partial charge on any atom is 0.344 e. The molecule has 4 amide bonds. The van der Waals surface area contributed by atoms with Gasteiger partial charge in [0, 0.05) is 23.5 Å². The number of carbonyl (C=O) groups is 3. The Morgan fingerprint density at radius 2 is 1.87 bits per heavy atom. The summed E-state index contributed by atoms with van der Waals surface area (Å²) in [6.45, 7) is 1.60. The average Bonchev–Trinajstić information content (AvgIpc) is 3.27. The number of hydrazine groups is 1. The van der Waals surface area contributed by atoms with E-state index in [-0.39, 0.29) is 6.42 Å². The summed E-state index contributed by atoms with van der Waals surface area (Å²) in [5.41, 5.74) is 3.76. The van der Waals surface area contributed by atoms with Gasteiger partial charge in [0.2, 0.25) is 5.91 Å². The molecule has 8 heteroatoms. The van der Waals surface area contributed by atoms with E-state index < -0.39 is 23.4 Å². The van der Waals surface area contributed by atoms with E-state index in [0.29, 0.717) is 17.7 Å². The quantitative estimate of drug-likeness (QED) is 0.548. The van der Waals surface area contributed by atoms with Gasteiger partial charge >= 0.3 is 6.03 Å². The number of aryl methyl sites for hydroxylation is 1. The number of para-hydroxylation sites is 1. The molecule has 1 aromatic heterocycles. The highest BCUT2D eigenvalue weighted by molar-refractivity contribution is 6.08. The van der Waals surface area contributed by atoms with Crippen molar-refractivity contribution in [3.05, 3.63) is 65.9 Å². The SMILES string of the molecule is COc1ccc([C@]2(C)NC(=O)N(NC(=O)CCc3c[nH]c4ccccc34)C2=O)cc1. The highest BCUT2D eigenvalue weighted by Crippen LogP contribution is 2.29. The Balaban J connectivity index is 1.43. The number of aromatic amines is 1. The number of benzene rings is 2. The standard InChI is InChI=1S/C22H22N4O4/c1-22(15-8-10-16(30-2)11-9-15)20(28)26(21(29)24-22)25-19(27)12-7-14-13-23-18-6-4-3-5-17(14)18/h3-6,8-11,13,23H,7,12H2,1-2H3,(H,24,29)(H,25,27)/t22-/m0/s1. The van der Waals surface area contributed by atoms with Crippen LogP contribution < -0.4 is 15.5 Å². The second kappa shape index (κ2) is 7.55. The van der Waals surface area contributed by atoms with Crippen LogP contribution in [0, 0.1) is 0 Å². The van der Waals surface area contributed by atoms with Crippen LogP contribution in [0.2, 0.25) is 0 Å². The molecule has 0 bridgehead atoms. The van der Waals surface area contributed by atoms with Crippen molar-refractivity contribution in [3.8, 4) is 5.75 Å². The molecule has 0 unspecified atom stereocenters. The van der Waals surface area contributed by atoms with E-state index in [9.17, 15) is 14.4 Å². The summed E-state index contributed by atoms with van der Waals surface area (Å²) in [7, 11) is 1.55. The van der Waals surface area contributed by atoms with E-state index in [1.165, 1.54) is 0 Å². The molecule has 0 spiro atoms. The summed E-state index contributed by atoms with van der Waals surface area (Å²) in [6, 6.07) is 14.0. The van der Waals surface area contributed by atoms with Crippen LogP contribution in [0.5, 0.6) is 5.75 Å². The van der Waals surface area contributed by atoms with Crippen molar-refractivity contribution in [1.82, 2.24) is 20.7 Å². The zero-order chi connectivity index (χ0) is 21.3. The third-order valence-corrected chi connectivity index (χ3v) is 5.39. The minimum atomic E-state index is -1.27. The molecule has 0 saturated carbocycles. The maximum absolute atomic E-state index is 12.9. The lowest BCUT2D eigenvalue weighted by molar-refractivity contribution is -0.138. The van der Waals surface area contributed by atoms with Crippen LogP contribution >= 0.6 is 0 Å². The molecule has 154 valence electrons. The van der Waals surface area contributed by atoms with E-state index in [0.717, 1.165) is 21.5 Å². The first-order valence-corrected chi connectivity index (χ1v) is 9.58. The van der Waals surface area contributed by atoms with Crippen LogP contribution in [0.4, 0.5) is 4.79 Å². The van der Waals surface area contributed by atoms with Crippen molar-refractivity contribution < 1.29 is 19.1 Å². The zero-order valence-corrected chi connectivity index (χ0v) is 16.7. The van der Waals surface area contributed by atoms with Crippen molar-refractivity contribution in [2.45, 2.75) is 25.3 Å². The minimum Gasteiger partial charge on any atom is -0.497 e. The Morgan fingerprint density at radius 3 is 2.60 bits per heavy atom. The van der Waals surface area contributed by atoms with Crippen molar-refractivity contribution in [2.75, 3.05) is 7.11 Å². The smallest absolute Gasteiger partial charge is 0.344 e. The van der Waals surface area contributed by atoms with Crippen LogP contribution in [-0.2, 0) is 21.5 Å². The average molecular weight is 406 g/mol. The second-order valence-electron chi connectivity index (χ2n) is 7.32. The third-order valence-electron chi connectivity index (χ3n) is 5.39. The van der Waals surface area contributed by atoms with Crippen LogP contribution in [0.3, 0.4) is 0 Å². The zero-order valence-electron chi connectivity index (χ0n) is 16.7. The molecule has 1 atom stereocenters. The summed E-state index contributed by atoms with van der Waals surface area (Å²) in [4.78, 5) is 40.9. The maximum atomic E-state index is 12.9. The first-order chi connectivity index (χ1) is 14.4. The molecule has 2 heterocycles. The summed E-state index contributed by atoms with van der Waals surface area (Å²) in [5.74, 6) is -0.317. The van der Waals surface area contributed by atoms with Gasteiger partial charge in [-0.3, -0.25) is 15.0 Å². The van der Waals surface area contributed by atoms with Gasteiger partial charge in [-0.1, -0.05) is 30.3 Å². The second-order valence-corrected chi connectivity index (χ2v) is 7.32. The minimum absolute atomic E-state index is 0.137. The van der Waals surface area contributed by atoms with Gasteiger partial charge in [-0.25, -0.2) is 4.79 Å². The number of ether oxygens (including phenoxy) is 1. The Bertz CT molecular complexity index is 1120. The van der Waals surface area contributed by atoms with E-state index in [1.54, 1.807) is 38.3 Å². The molecule has 4 rings (SSSR count). The van der Waals surface area contributed by atoms with Crippen molar-refractivity contribution in [1.29, 1.82) is 0 Å². The molecule has 0 aliphatic carbocycles. The Morgan fingerprint density at radius 1 is 1.13 bits per heavy atom. The Labute approximate surface area is 173 Å². The van der Waals surface area contributed by atoms with Gasteiger partial charge in [-0.2, -0.15) is 5.01 Å². The van der Waals surface area contributed by atoms with Gasteiger partial charge < -0.3 is 15.0 Å². The lowest BCUT2D eigenvalue weighted by Gasteiger charge is -2.22. The predicted molar refractivity (Wildman–Crippen MR) is 110 cm³/mol. The third kappa shape index (κ3) is 3.36. The molecule has 3 N–H and O–H groups in total. The highest BCUT2D eigenvalue weighted by atomic mass is 16.5. The molecule has 1 saturated heterocycles. The number of hydrogen-bond donors (Lipinski definition) is 3. The monoisotopic (exact) mass is 406 g/mol. The van der Waals surface area contributed by atoms with E-state index in [4.69, 9.17) is 4.74 Å². The van der Waals surface area contributed by atoms with Crippen molar-refractivity contribution in [3.63, 3.8) is 0 Å². The number of fused-ring (bicyclic) bond motifs is 1. The number of nitrogens with zero attached hydrogens (tertiary/aromatic N) is 1. The van der Waals surface area contributed by atoms with Crippen LogP contribution in [0.1, 0.15) is 24.5 Å². The predicted octanol–water partition coefficient (Wildman–Crippen LogP) is 2.61. The van der Waals surface area contributed by atoms with E-state index >= 15 is 0 Å². The fraction of sp³-hybridized carbons (Fsp3) is 0.227. The number of H-pyrrole nitrogens is 1. The lowest BCUT2D eigenvalue weighted by atomic mass is 9.92. The van der Waals surface area contributed by atoms with Gasteiger partial charge in [0.15, 0.2) is 0 Å². The topological polar surface area (TPSA) is 104 Å². The fourth-order valence-corrected chi connectivity index (χ4v) is 3.63. The number of nitrogens with one attached hydrogen (secondary N) is 3. The molecular weight excluding hydrogens is 384 g/mol. The van der Waals surface area contributed by atoms with Gasteiger partial charge in [0.05, 0.1) is 7.11 Å². The number of urea groups is 1. The number of aromatic nitrogens is 1. The molecule has 1 aliphatic heterocycles. The molecule has 8 nitrogen and oxygen atoms in total.